The van der Waals surface area contributed by atoms with E-state index in [1.807, 2.05) is 24.3 Å². The summed E-state index contributed by atoms with van der Waals surface area (Å²) in [4.78, 5) is 2.70. The highest BCUT2D eigenvalue weighted by atomic mass is 16.5. The molecule has 0 aliphatic heterocycles. The van der Waals surface area contributed by atoms with Gasteiger partial charge in [0.2, 0.25) is 0 Å². The lowest BCUT2D eigenvalue weighted by molar-refractivity contribution is 0.185. The van der Waals surface area contributed by atoms with Crippen LogP contribution in [0.25, 0.3) is 10.4 Å². The standard InChI is InChI=1S/C10H13N3O/c1-14-8-10-4-2-9(3-5-10)6-7-12-13-11/h2-5H,6-8H2,1H3. The monoisotopic (exact) mass is 191 g/mol. The van der Waals surface area contributed by atoms with Gasteiger partial charge in [-0.2, -0.15) is 0 Å². The molecule has 4 heteroatoms. The summed E-state index contributed by atoms with van der Waals surface area (Å²) >= 11 is 0. The van der Waals surface area contributed by atoms with Gasteiger partial charge in [0, 0.05) is 18.6 Å². The van der Waals surface area contributed by atoms with Gasteiger partial charge in [0.1, 0.15) is 0 Å². The van der Waals surface area contributed by atoms with Crippen LogP contribution in [0, 0.1) is 0 Å². The number of nitrogens with zero attached hydrogens (tertiary/aromatic N) is 3. The van der Waals surface area contributed by atoms with Crippen molar-refractivity contribution in [2.45, 2.75) is 13.0 Å². The molecule has 0 saturated carbocycles. The molecule has 0 N–H and O–H groups in total. The first-order valence-electron chi connectivity index (χ1n) is 4.44. The fraction of sp³-hybridized carbons (Fsp3) is 0.400. The Bertz CT molecular complexity index is 315. The Morgan fingerprint density at radius 1 is 1.29 bits per heavy atom. The van der Waals surface area contributed by atoms with Gasteiger partial charge in [0.25, 0.3) is 0 Å². The van der Waals surface area contributed by atoms with E-state index >= 15 is 0 Å². The van der Waals surface area contributed by atoms with Crippen molar-refractivity contribution in [3.8, 4) is 0 Å². The molecule has 0 aromatic heterocycles. The van der Waals surface area contributed by atoms with Crippen molar-refractivity contribution in [1.82, 2.24) is 0 Å². The van der Waals surface area contributed by atoms with Gasteiger partial charge in [0.15, 0.2) is 0 Å². The molecule has 1 aromatic rings. The first-order valence-corrected chi connectivity index (χ1v) is 4.44. The number of ether oxygens (including phenoxy) is 1. The zero-order chi connectivity index (χ0) is 10.2. The van der Waals surface area contributed by atoms with Crippen molar-refractivity contribution in [3.63, 3.8) is 0 Å². The summed E-state index contributed by atoms with van der Waals surface area (Å²) in [7, 11) is 1.68. The average Bonchev–Trinajstić information content (AvgIpc) is 2.21. The molecule has 0 amide bonds. The van der Waals surface area contributed by atoms with E-state index in [9.17, 15) is 0 Å². The maximum atomic E-state index is 8.10. The van der Waals surface area contributed by atoms with Gasteiger partial charge in [-0.1, -0.05) is 29.4 Å². The van der Waals surface area contributed by atoms with Crippen molar-refractivity contribution in [3.05, 3.63) is 45.8 Å². The Morgan fingerprint density at radius 3 is 2.50 bits per heavy atom. The van der Waals surface area contributed by atoms with E-state index in [4.69, 9.17) is 10.3 Å². The summed E-state index contributed by atoms with van der Waals surface area (Å²) in [5, 5.41) is 3.48. The highest BCUT2D eigenvalue weighted by Gasteiger charge is 1.93. The highest BCUT2D eigenvalue weighted by Crippen LogP contribution is 2.06. The first-order chi connectivity index (χ1) is 6.86. The molecule has 0 saturated heterocycles. The second kappa shape index (κ2) is 6.02. The second-order valence-electron chi connectivity index (χ2n) is 2.95. The Labute approximate surface area is 83.1 Å². The normalized spacial score (nSPS) is 9.50. The molecule has 0 aliphatic rings. The molecule has 0 spiro atoms. The van der Waals surface area contributed by atoms with Crippen LogP contribution in [0.15, 0.2) is 29.4 Å². The van der Waals surface area contributed by atoms with Gasteiger partial charge in [-0.05, 0) is 23.1 Å². The van der Waals surface area contributed by atoms with Crippen LogP contribution in [-0.4, -0.2) is 13.7 Å². The van der Waals surface area contributed by atoms with E-state index in [-0.39, 0.29) is 0 Å². The maximum Gasteiger partial charge on any atom is 0.0713 e. The molecule has 1 rings (SSSR count). The summed E-state index contributed by atoms with van der Waals surface area (Å²) in [6, 6.07) is 8.10. The third-order valence-corrected chi connectivity index (χ3v) is 1.90. The van der Waals surface area contributed by atoms with E-state index in [1.165, 1.54) is 5.56 Å². The van der Waals surface area contributed by atoms with Crippen LogP contribution >= 0.6 is 0 Å². The Kier molecular flexibility index (Phi) is 4.55. The number of methoxy groups -OCH3 is 1. The molecule has 0 radical (unpaired) electrons. The molecule has 0 fully saturated rings. The van der Waals surface area contributed by atoms with Crippen LogP contribution in [0.5, 0.6) is 0 Å². The van der Waals surface area contributed by atoms with Crippen molar-refractivity contribution in [2.75, 3.05) is 13.7 Å². The molecular formula is C10H13N3O. The largest absolute Gasteiger partial charge is 0.380 e. The Morgan fingerprint density at radius 2 is 1.93 bits per heavy atom. The lowest BCUT2D eigenvalue weighted by atomic mass is 10.1. The minimum atomic E-state index is 0.514. The van der Waals surface area contributed by atoms with Gasteiger partial charge >= 0.3 is 0 Å². The van der Waals surface area contributed by atoms with Crippen LogP contribution in [0.1, 0.15) is 11.1 Å². The van der Waals surface area contributed by atoms with Crippen LogP contribution in [0.4, 0.5) is 0 Å². The molecule has 4 nitrogen and oxygen atoms in total. The summed E-state index contributed by atoms with van der Waals surface area (Å²) < 4.78 is 5.00. The molecule has 0 heterocycles. The predicted octanol–water partition coefficient (Wildman–Crippen LogP) is 2.69. The Hall–Kier alpha value is -1.51. The van der Waals surface area contributed by atoms with E-state index in [0.717, 1.165) is 12.0 Å². The smallest absolute Gasteiger partial charge is 0.0713 e. The third-order valence-electron chi connectivity index (χ3n) is 1.90. The van der Waals surface area contributed by atoms with Crippen molar-refractivity contribution in [1.29, 1.82) is 0 Å². The molecular weight excluding hydrogens is 178 g/mol. The molecule has 74 valence electrons. The molecule has 0 unspecified atom stereocenters. The van der Waals surface area contributed by atoms with E-state index in [0.29, 0.717) is 13.2 Å². The van der Waals surface area contributed by atoms with E-state index in [1.54, 1.807) is 7.11 Å². The SMILES string of the molecule is COCc1ccc(CCN=[N+]=[N-])cc1. The van der Waals surface area contributed by atoms with Gasteiger partial charge in [-0.3, -0.25) is 0 Å². The molecule has 0 bridgehead atoms. The lowest BCUT2D eigenvalue weighted by Crippen LogP contribution is -1.91. The van der Waals surface area contributed by atoms with Gasteiger partial charge in [-0.25, -0.2) is 0 Å². The Balaban J connectivity index is 2.50. The third kappa shape index (κ3) is 3.47. The molecule has 0 atom stereocenters. The molecule has 1 aromatic carbocycles. The fourth-order valence-electron chi connectivity index (χ4n) is 1.19. The van der Waals surface area contributed by atoms with Crippen LogP contribution in [0.3, 0.4) is 0 Å². The van der Waals surface area contributed by atoms with Crippen molar-refractivity contribution < 1.29 is 4.74 Å². The van der Waals surface area contributed by atoms with Gasteiger partial charge in [0.05, 0.1) is 6.61 Å². The number of azide groups is 1. The number of hydrogen-bond donors (Lipinski definition) is 0. The van der Waals surface area contributed by atoms with E-state index < -0.39 is 0 Å². The fourth-order valence-corrected chi connectivity index (χ4v) is 1.19. The topological polar surface area (TPSA) is 58.0 Å². The number of rotatable bonds is 5. The number of hydrogen-bond acceptors (Lipinski definition) is 2. The second-order valence-corrected chi connectivity index (χ2v) is 2.95. The summed E-state index contributed by atoms with van der Waals surface area (Å²) in [5.41, 5.74) is 10.4. The minimum absolute atomic E-state index is 0.514. The maximum absolute atomic E-state index is 8.10. The predicted molar refractivity (Wildman–Crippen MR) is 54.9 cm³/mol. The van der Waals surface area contributed by atoms with Crippen LogP contribution < -0.4 is 0 Å². The van der Waals surface area contributed by atoms with E-state index in [2.05, 4.69) is 10.0 Å². The minimum Gasteiger partial charge on any atom is -0.380 e. The summed E-state index contributed by atoms with van der Waals surface area (Å²) in [5.74, 6) is 0. The number of benzene rings is 1. The quantitative estimate of drug-likeness (QED) is 0.401. The van der Waals surface area contributed by atoms with Crippen LogP contribution in [0.2, 0.25) is 0 Å². The zero-order valence-electron chi connectivity index (χ0n) is 8.18. The zero-order valence-corrected chi connectivity index (χ0v) is 8.18. The van der Waals surface area contributed by atoms with Gasteiger partial charge < -0.3 is 4.74 Å². The first kappa shape index (κ1) is 10.6. The lowest BCUT2D eigenvalue weighted by Gasteiger charge is -2.01. The van der Waals surface area contributed by atoms with Gasteiger partial charge in [-0.15, -0.1) is 0 Å². The van der Waals surface area contributed by atoms with Crippen molar-refractivity contribution >= 4 is 0 Å². The molecule has 0 aliphatic carbocycles. The van der Waals surface area contributed by atoms with Crippen molar-refractivity contribution in [2.24, 2.45) is 5.11 Å². The summed E-state index contributed by atoms with van der Waals surface area (Å²) in [6.45, 7) is 1.15. The summed E-state index contributed by atoms with van der Waals surface area (Å²) in [6.07, 6.45) is 0.789. The average molecular weight is 191 g/mol. The van der Waals surface area contributed by atoms with Crippen LogP contribution in [-0.2, 0) is 17.8 Å². The highest BCUT2D eigenvalue weighted by molar-refractivity contribution is 5.22. The molecule has 14 heavy (non-hydrogen) atoms.